The predicted octanol–water partition coefficient (Wildman–Crippen LogP) is 3.08. The molecule has 0 spiro atoms. The minimum atomic E-state index is 0.521. The van der Waals surface area contributed by atoms with Crippen LogP contribution < -0.4 is 0 Å². The molecular weight excluding hydrogens is 184 g/mol. The third kappa shape index (κ3) is 2.69. The fourth-order valence-electron chi connectivity index (χ4n) is 1.70. The van der Waals surface area contributed by atoms with Crippen molar-refractivity contribution < 1.29 is 0 Å². The average Bonchev–Trinajstić information content (AvgIpc) is 2.81. The lowest BCUT2D eigenvalue weighted by Gasteiger charge is -2.12. The van der Waals surface area contributed by atoms with Crippen molar-refractivity contribution in [1.29, 1.82) is 0 Å². The second-order valence-electron chi connectivity index (χ2n) is 3.88. The second-order valence-corrected chi connectivity index (χ2v) is 3.88. The van der Waals surface area contributed by atoms with E-state index in [9.17, 15) is 0 Å². The Kier molecular flexibility index (Phi) is 3.18. The van der Waals surface area contributed by atoms with Crippen molar-refractivity contribution in [3.05, 3.63) is 54.6 Å². The van der Waals surface area contributed by atoms with E-state index in [4.69, 9.17) is 0 Å². The highest BCUT2D eigenvalue weighted by atomic mass is 15.0. The molecule has 0 bridgehead atoms. The summed E-state index contributed by atoms with van der Waals surface area (Å²) in [5.74, 6) is 0. The molecule has 1 unspecified atom stereocenters. The Bertz CT molecular complexity index is 378. The Morgan fingerprint density at radius 3 is 2.73 bits per heavy atom. The number of hydrogen-bond acceptors (Lipinski definition) is 1. The first-order chi connectivity index (χ1) is 7.36. The van der Waals surface area contributed by atoms with Crippen LogP contribution >= 0.6 is 0 Å². The van der Waals surface area contributed by atoms with Crippen molar-refractivity contribution in [3.63, 3.8) is 0 Å². The number of benzene rings is 1. The number of hydrogen-bond donors (Lipinski definition) is 0. The first-order valence-electron chi connectivity index (χ1n) is 5.37. The zero-order valence-corrected chi connectivity index (χ0v) is 9.00. The monoisotopic (exact) mass is 200 g/mol. The molecule has 0 aliphatic rings. The maximum absolute atomic E-state index is 4.06. The van der Waals surface area contributed by atoms with Crippen LogP contribution in [-0.4, -0.2) is 9.55 Å². The lowest BCUT2D eigenvalue weighted by Crippen LogP contribution is -2.03. The standard InChI is InChI=1S/C13H16N2/c1-12(15-10-9-14-11-15)7-8-13-5-3-2-4-6-13/h2-6,9-12H,7-8H2,1H3. The molecule has 0 aliphatic heterocycles. The number of nitrogens with zero attached hydrogens (tertiary/aromatic N) is 2. The van der Waals surface area contributed by atoms with Gasteiger partial charge in [-0.2, -0.15) is 0 Å². The van der Waals surface area contributed by atoms with Crippen molar-refractivity contribution in [2.75, 3.05) is 0 Å². The lowest BCUT2D eigenvalue weighted by molar-refractivity contribution is 0.506. The van der Waals surface area contributed by atoms with Gasteiger partial charge in [-0.05, 0) is 25.3 Å². The molecule has 0 amide bonds. The van der Waals surface area contributed by atoms with Crippen LogP contribution in [0.2, 0.25) is 0 Å². The molecule has 2 rings (SSSR count). The van der Waals surface area contributed by atoms with E-state index < -0.39 is 0 Å². The molecule has 15 heavy (non-hydrogen) atoms. The summed E-state index contributed by atoms with van der Waals surface area (Å²) in [6.07, 6.45) is 8.02. The Balaban J connectivity index is 1.89. The van der Waals surface area contributed by atoms with E-state index in [1.165, 1.54) is 5.56 Å². The van der Waals surface area contributed by atoms with Gasteiger partial charge in [-0.15, -0.1) is 0 Å². The van der Waals surface area contributed by atoms with Gasteiger partial charge in [-0.1, -0.05) is 30.3 Å². The molecule has 1 aromatic heterocycles. The molecular formula is C13H16N2. The fraction of sp³-hybridized carbons (Fsp3) is 0.308. The summed E-state index contributed by atoms with van der Waals surface area (Å²) in [4.78, 5) is 4.06. The van der Waals surface area contributed by atoms with Crippen LogP contribution in [0.3, 0.4) is 0 Å². The predicted molar refractivity (Wildman–Crippen MR) is 61.7 cm³/mol. The summed E-state index contributed by atoms with van der Waals surface area (Å²) in [5.41, 5.74) is 1.41. The van der Waals surface area contributed by atoms with Crippen molar-refractivity contribution in [1.82, 2.24) is 9.55 Å². The summed E-state index contributed by atoms with van der Waals surface area (Å²) in [6.45, 7) is 2.23. The van der Waals surface area contributed by atoms with Gasteiger partial charge in [0, 0.05) is 18.4 Å². The van der Waals surface area contributed by atoms with Gasteiger partial charge in [0.05, 0.1) is 6.33 Å². The molecule has 0 saturated heterocycles. The first-order valence-corrected chi connectivity index (χ1v) is 5.37. The smallest absolute Gasteiger partial charge is 0.0948 e. The third-order valence-corrected chi connectivity index (χ3v) is 2.73. The molecule has 0 N–H and O–H groups in total. The SMILES string of the molecule is CC(CCc1ccccc1)n1ccnc1. The molecule has 0 saturated carbocycles. The van der Waals surface area contributed by atoms with Gasteiger partial charge in [0.25, 0.3) is 0 Å². The Labute approximate surface area is 90.6 Å². The van der Waals surface area contributed by atoms with Crippen LogP contribution in [0.25, 0.3) is 0 Å². The maximum Gasteiger partial charge on any atom is 0.0948 e. The van der Waals surface area contributed by atoms with Gasteiger partial charge < -0.3 is 4.57 Å². The lowest BCUT2D eigenvalue weighted by atomic mass is 10.1. The molecule has 2 aromatic rings. The van der Waals surface area contributed by atoms with Crippen LogP contribution in [0.15, 0.2) is 49.1 Å². The van der Waals surface area contributed by atoms with E-state index in [2.05, 4.69) is 46.8 Å². The van der Waals surface area contributed by atoms with Crippen molar-refractivity contribution in [2.24, 2.45) is 0 Å². The number of rotatable bonds is 4. The highest BCUT2D eigenvalue weighted by Gasteiger charge is 2.03. The molecule has 1 heterocycles. The van der Waals surface area contributed by atoms with Gasteiger partial charge in [-0.3, -0.25) is 0 Å². The summed E-state index contributed by atoms with van der Waals surface area (Å²) >= 11 is 0. The van der Waals surface area contributed by atoms with Gasteiger partial charge in [0.2, 0.25) is 0 Å². The normalized spacial score (nSPS) is 12.6. The quantitative estimate of drug-likeness (QED) is 0.741. The topological polar surface area (TPSA) is 17.8 Å². The van der Waals surface area contributed by atoms with Gasteiger partial charge >= 0.3 is 0 Å². The second kappa shape index (κ2) is 4.78. The zero-order valence-electron chi connectivity index (χ0n) is 9.00. The van der Waals surface area contributed by atoms with E-state index in [0.29, 0.717) is 6.04 Å². The molecule has 0 fully saturated rings. The Hall–Kier alpha value is -1.57. The van der Waals surface area contributed by atoms with Crippen LogP contribution in [-0.2, 0) is 6.42 Å². The Morgan fingerprint density at radius 1 is 1.27 bits per heavy atom. The highest BCUT2D eigenvalue weighted by Crippen LogP contribution is 2.13. The van der Waals surface area contributed by atoms with Crippen molar-refractivity contribution in [2.45, 2.75) is 25.8 Å². The van der Waals surface area contributed by atoms with Crippen LogP contribution in [0, 0.1) is 0 Å². The largest absolute Gasteiger partial charge is 0.335 e. The minimum absolute atomic E-state index is 0.521. The molecule has 1 aromatic carbocycles. The molecule has 2 nitrogen and oxygen atoms in total. The average molecular weight is 200 g/mol. The Morgan fingerprint density at radius 2 is 2.07 bits per heavy atom. The van der Waals surface area contributed by atoms with Crippen LogP contribution in [0.1, 0.15) is 24.9 Å². The first kappa shape index (κ1) is 9.97. The van der Waals surface area contributed by atoms with E-state index in [1.807, 2.05) is 18.7 Å². The molecule has 78 valence electrons. The summed E-state index contributed by atoms with van der Waals surface area (Å²) < 4.78 is 2.16. The van der Waals surface area contributed by atoms with E-state index >= 15 is 0 Å². The van der Waals surface area contributed by atoms with Gasteiger partial charge in [-0.25, -0.2) is 4.98 Å². The minimum Gasteiger partial charge on any atom is -0.335 e. The molecule has 1 atom stereocenters. The van der Waals surface area contributed by atoms with Crippen LogP contribution in [0.4, 0.5) is 0 Å². The zero-order chi connectivity index (χ0) is 10.5. The fourth-order valence-corrected chi connectivity index (χ4v) is 1.70. The van der Waals surface area contributed by atoms with E-state index in [1.54, 1.807) is 0 Å². The number of aromatic nitrogens is 2. The van der Waals surface area contributed by atoms with Gasteiger partial charge in [0.15, 0.2) is 0 Å². The maximum atomic E-state index is 4.06. The molecule has 0 radical (unpaired) electrons. The summed E-state index contributed by atoms with van der Waals surface area (Å²) in [6, 6.07) is 11.1. The molecule has 0 aliphatic carbocycles. The van der Waals surface area contributed by atoms with Crippen LogP contribution in [0.5, 0.6) is 0 Å². The van der Waals surface area contributed by atoms with Gasteiger partial charge in [0.1, 0.15) is 0 Å². The van der Waals surface area contributed by atoms with E-state index in [-0.39, 0.29) is 0 Å². The van der Waals surface area contributed by atoms with Crippen molar-refractivity contribution in [3.8, 4) is 0 Å². The van der Waals surface area contributed by atoms with E-state index in [0.717, 1.165) is 12.8 Å². The summed E-state index contributed by atoms with van der Waals surface area (Å²) in [7, 11) is 0. The highest BCUT2D eigenvalue weighted by molar-refractivity contribution is 5.14. The summed E-state index contributed by atoms with van der Waals surface area (Å²) in [5, 5.41) is 0. The third-order valence-electron chi connectivity index (χ3n) is 2.73. The van der Waals surface area contributed by atoms with Crippen molar-refractivity contribution >= 4 is 0 Å². The number of imidazole rings is 1. The number of aryl methyl sites for hydroxylation is 1. The molecule has 2 heteroatoms.